The lowest BCUT2D eigenvalue weighted by Gasteiger charge is -2.31. The Morgan fingerprint density at radius 3 is 2.48 bits per heavy atom. The second-order valence-electron chi connectivity index (χ2n) is 5.47. The summed E-state index contributed by atoms with van der Waals surface area (Å²) >= 11 is 0. The molecular weight excluding hydrogens is 276 g/mol. The van der Waals surface area contributed by atoms with E-state index < -0.39 is 12.0 Å². The molecule has 0 aromatic heterocycles. The van der Waals surface area contributed by atoms with Crippen LogP contribution in [0.4, 0.5) is 4.79 Å². The van der Waals surface area contributed by atoms with E-state index in [1.165, 1.54) is 4.90 Å². The van der Waals surface area contributed by atoms with E-state index in [0.717, 1.165) is 12.8 Å². The van der Waals surface area contributed by atoms with Gasteiger partial charge in [0.05, 0.1) is 13.0 Å². The van der Waals surface area contributed by atoms with E-state index in [1.54, 1.807) is 11.8 Å². The summed E-state index contributed by atoms with van der Waals surface area (Å²) in [6, 6.07) is -1.02. The molecule has 2 fully saturated rings. The molecule has 2 rings (SSSR count). The standard InChI is InChI=1S/C14H22N2O5/c1-2-21-13(19)11-6-4-8-16(11)14(20)15-7-3-5-10(15)9-12(17)18/h10-11H,2-9H2,1H3,(H,17,18). The SMILES string of the molecule is CCOC(=O)C1CCCN1C(=O)N1CCCC1CC(=O)O. The van der Waals surface area contributed by atoms with Gasteiger partial charge in [-0.05, 0) is 32.6 Å². The second kappa shape index (κ2) is 6.78. The lowest BCUT2D eigenvalue weighted by atomic mass is 10.1. The van der Waals surface area contributed by atoms with Gasteiger partial charge in [0.15, 0.2) is 0 Å². The van der Waals surface area contributed by atoms with Crippen LogP contribution in [-0.4, -0.2) is 64.7 Å². The Kier molecular flexibility index (Phi) is 5.03. The number of likely N-dealkylation sites (tertiary alicyclic amines) is 2. The van der Waals surface area contributed by atoms with Crippen LogP contribution in [0.25, 0.3) is 0 Å². The number of esters is 1. The number of aliphatic carboxylic acids is 1. The number of carbonyl (C=O) groups excluding carboxylic acids is 2. The molecule has 1 N–H and O–H groups in total. The zero-order valence-corrected chi connectivity index (χ0v) is 12.3. The molecule has 21 heavy (non-hydrogen) atoms. The normalized spacial score (nSPS) is 25.2. The van der Waals surface area contributed by atoms with Gasteiger partial charge in [-0.3, -0.25) is 4.79 Å². The number of carboxylic acids is 1. The Hall–Kier alpha value is -1.79. The number of carbonyl (C=O) groups is 3. The van der Waals surface area contributed by atoms with Gasteiger partial charge in [0, 0.05) is 19.1 Å². The molecule has 2 unspecified atom stereocenters. The van der Waals surface area contributed by atoms with Crippen molar-refractivity contribution in [3.8, 4) is 0 Å². The Balaban J connectivity index is 2.04. The van der Waals surface area contributed by atoms with Crippen molar-refractivity contribution in [1.29, 1.82) is 0 Å². The number of nitrogens with zero attached hydrogens (tertiary/aromatic N) is 2. The maximum absolute atomic E-state index is 12.6. The molecule has 2 amide bonds. The molecular formula is C14H22N2O5. The Bertz CT molecular complexity index is 426. The molecule has 2 saturated heterocycles. The maximum Gasteiger partial charge on any atom is 0.328 e. The molecule has 0 aromatic rings. The molecule has 7 nitrogen and oxygen atoms in total. The molecule has 2 heterocycles. The van der Waals surface area contributed by atoms with Crippen LogP contribution in [0.1, 0.15) is 39.0 Å². The molecule has 7 heteroatoms. The Labute approximate surface area is 123 Å². The molecule has 118 valence electrons. The highest BCUT2D eigenvalue weighted by molar-refractivity contribution is 5.85. The predicted molar refractivity (Wildman–Crippen MR) is 73.7 cm³/mol. The van der Waals surface area contributed by atoms with E-state index in [-0.39, 0.29) is 24.5 Å². The number of hydrogen-bond donors (Lipinski definition) is 1. The average molecular weight is 298 g/mol. The highest BCUT2D eigenvalue weighted by atomic mass is 16.5. The van der Waals surface area contributed by atoms with Crippen LogP contribution in [0, 0.1) is 0 Å². The number of urea groups is 1. The smallest absolute Gasteiger partial charge is 0.328 e. The molecule has 2 aliphatic heterocycles. The van der Waals surface area contributed by atoms with E-state index in [4.69, 9.17) is 9.84 Å². The molecule has 0 bridgehead atoms. The summed E-state index contributed by atoms with van der Waals surface area (Å²) in [5, 5.41) is 8.92. The molecule has 2 aliphatic rings. The van der Waals surface area contributed by atoms with Gasteiger partial charge < -0.3 is 19.6 Å². The summed E-state index contributed by atoms with van der Waals surface area (Å²) in [4.78, 5) is 38.5. The number of ether oxygens (including phenoxy) is 1. The Morgan fingerprint density at radius 1 is 1.14 bits per heavy atom. The quantitative estimate of drug-likeness (QED) is 0.785. The van der Waals surface area contributed by atoms with Crippen LogP contribution < -0.4 is 0 Å². The summed E-state index contributed by atoms with van der Waals surface area (Å²) < 4.78 is 5.01. The van der Waals surface area contributed by atoms with Crippen LogP contribution in [-0.2, 0) is 14.3 Å². The summed E-state index contributed by atoms with van der Waals surface area (Å²) in [5.74, 6) is -1.26. The van der Waals surface area contributed by atoms with Gasteiger partial charge in [-0.2, -0.15) is 0 Å². The van der Waals surface area contributed by atoms with E-state index in [0.29, 0.717) is 32.5 Å². The third kappa shape index (κ3) is 3.46. The zero-order chi connectivity index (χ0) is 15.4. The average Bonchev–Trinajstić information content (AvgIpc) is 3.06. The number of amides is 2. The summed E-state index contributed by atoms with van der Waals surface area (Å²) in [6.07, 6.45) is 2.86. The molecule has 0 aliphatic carbocycles. The van der Waals surface area contributed by atoms with Gasteiger partial charge in [-0.25, -0.2) is 9.59 Å². The van der Waals surface area contributed by atoms with Crippen molar-refractivity contribution in [1.82, 2.24) is 9.80 Å². The number of carboxylic acid groups (broad SMARTS) is 1. The summed E-state index contributed by atoms with van der Waals surface area (Å²) in [5.41, 5.74) is 0. The highest BCUT2D eigenvalue weighted by Gasteiger charge is 2.40. The highest BCUT2D eigenvalue weighted by Crippen LogP contribution is 2.26. The van der Waals surface area contributed by atoms with E-state index in [9.17, 15) is 14.4 Å². The van der Waals surface area contributed by atoms with Crippen LogP contribution in [0.3, 0.4) is 0 Å². The third-order valence-corrected chi connectivity index (χ3v) is 4.09. The molecule has 0 saturated carbocycles. The van der Waals surface area contributed by atoms with E-state index >= 15 is 0 Å². The zero-order valence-electron chi connectivity index (χ0n) is 12.3. The van der Waals surface area contributed by atoms with Gasteiger partial charge in [0.25, 0.3) is 0 Å². The van der Waals surface area contributed by atoms with Crippen molar-refractivity contribution in [3.63, 3.8) is 0 Å². The van der Waals surface area contributed by atoms with Gasteiger partial charge in [-0.15, -0.1) is 0 Å². The van der Waals surface area contributed by atoms with E-state index in [1.807, 2.05) is 0 Å². The summed E-state index contributed by atoms with van der Waals surface area (Å²) in [7, 11) is 0. The van der Waals surface area contributed by atoms with Gasteiger partial charge >= 0.3 is 18.0 Å². The first-order chi connectivity index (χ1) is 10.0. The fourth-order valence-electron chi connectivity index (χ4n) is 3.15. The number of rotatable bonds is 4. The third-order valence-electron chi connectivity index (χ3n) is 4.09. The van der Waals surface area contributed by atoms with Crippen molar-refractivity contribution < 1.29 is 24.2 Å². The van der Waals surface area contributed by atoms with Gasteiger partial charge in [0.1, 0.15) is 6.04 Å². The van der Waals surface area contributed by atoms with Crippen molar-refractivity contribution in [2.45, 2.75) is 51.1 Å². The molecule has 0 radical (unpaired) electrons. The minimum atomic E-state index is -0.900. The fraction of sp³-hybridized carbons (Fsp3) is 0.786. The minimum Gasteiger partial charge on any atom is -0.481 e. The van der Waals surface area contributed by atoms with Crippen LogP contribution >= 0.6 is 0 Å². The maximum atomic E-state index is 12.6. The topological polar surface area (TPSA) is 87.2 Å². The van der Waals surface area contributed by atoms with E-state index in [2.05, 4.69) is 0 Å². The molecule has 0 aromatic carbocycles. The minimum absolute atomic E-state index is 0.0380. The first-order valence-electron chi connectivity index (χ1n) is 7.50. The monoisotopic (exact) mass is 298 g/mol. The number of hydrogen-bond acceptors (Lipinski definition) is 4. The first-order valence-corrected chi connectivity index (χ1v) is 7.50. The second-order valence-corrected chi connectivity index (χ2v) is 5.47. The fourth-order valence-corrected chi connectivity index (χ4v) is 3.15. The van der Waals surface area contributed by atoms with Crippen molar-refractivity contribution in [2.75, 3.05) is 19.7 Å². The Morgan fingerprint density at radius 2 is 1.81 bits per heavy atom. The lowest BCUT2D eigenvalue weighted by molar-refractivity contribution is -0.147. The molecule has 2 atom stereocenters. The van der Waals surface area contributed by atoms with Crippen LogP contribution in [0.15, 0.2) is 0 Å². The lowest BCUT2D eigenvalue weighted by Crippen LogP contribution is -2.50. The van der Waals surface area contributed by atoms with Crippen LogP contribution in [0.2, 0.25) is 0 Å². The van der Waals surface area contributed by atoms with Crippen LogP contribution in [0.5, 0.6) is 0 Å². The predicted octanol–water partition coefficient (Wildman–Crippen LogP) is 1.07. The van der Waals surface area contributed by atoms with Crippen molar-refractivity contribution in [2.24, 2.45) is 0 Å². The van der Waals surface area contributed by atoms with Gasteiger partial charge in [0.2, 0.25) is 0 Å². The first kappa shape index (κ1) is 15.6. The largest absolute Gasteiger partial charge is 0.481 e. The van der Waals surface area contributed by atoms with Crippen molar-refractivity contribution >= 4 is 18.0 Å². The van der Waals surface area contributed by atoms with Gasteiger partial charge in [-0.1, -0.05) is 0 Å². The molecule has 0 spiro atoms. The van der Waals surface area contributed by atoms with Crippen molar-refractivity contribution in [3.05, 3.63) is 0 Å². The summed E-state index contributed by atoms with van der Waals surface area (Å²) in [6.45, 7) is 3.12.